The predicted molar refractivity (Wildman–Crippen MR) is 110 cm³/mol. The maximum absolute atomic E-state index is 11.1. The number of carboxylic acid groups (broad SMARTS) is 1. The third-order valence-electron chi connectivity index (χ3n) is 4.73. The van der Waals surface area contributed by atoms with E-state index in [0.29, 0.717) is 0 Å². The van der Waals surface area contributed by atoms with E-state index in [4.69, 9.17) is 5.11 Å². The summed E-state index contributed by atoms with van der Waals surface area (Å²) in [6.45, 7) is 4.56. The lowest BCUT2D eigenvalue weighted by molar-refractivity contribution is -0.136. The van der Waals surface area contributed by atoms with E-state index in [9.17, 15) is 4.79 Å². The van der Waals surface area contributed by atoms with Crippen molar-refractivity contribution in [2.75, 3.05) is 5.75 Å². The molecule has 0 aliphatic rings. The van der Waals surface area contributed by atoms with E-state index < -0.39 is 5.97 Å². The Labute approximate surface area is 158 Å². The van der Waals surface area contributed by atoms with Gasteiger partial charge in [0.25, 0.3) is 0 Å². The van der Waals surface area contributed by atoms with Crippen LogP contribution < -0.4 is 0 Å². The van der Waals surface area contributed by atoms with Crippen molar-refractivity contribution in [2.45, 2.75) is 83.3 Å². The van der Waals surface area contributed by atoms with Crippen LogP contribution in [0.25, 0.3) is 0 Å². The van der Waals surface area contributed by atoms with Gasteiger partial charge in [0.1, 0.15) is 0 Å². The minimum atomic E-state index is -0.684. The van der Waals surface area contributed by atoms with Crippen LogP contribution in [0.4, 0.5) is 0 Å². The highest BCUT2D eigenvalue weighted by Gasteiger charge is 2.14. The van der Waals surface area contributed by atoms with Crippen LogP contribution in [-0.4, -0.2) is 22.1 Å². The maximum atomic E-state index is 11.1. The molecule has 0 amide bonds. The second-order valence-corrected chi connectivity index (χ2v) is 8.48. The molecular weight excluding hydrogens is 328 g/mol. The van der Waals surface area contributed by atoms with Crippen molar-refractivity contribution in [1.29, 1.82) is 0 Å². The van der Waals surface area contributed by atoms with E-state index in [0.717, 1.165) is 18.1 Å². The van der Waals surface area contributed by atoms with Gasteiger partial charge in [0, 0.05) is 5.25 Å². The Balaban J connectivity index is 2.29. The van der Waals surface area contributed by atoms with Gasteiger partial charge in [-0.05, 0) is 30.1 Å². The van der Waals surface area contributed by atoms with Crippen molar-refractivity contribution in [3.05, 3.63) is 35.9 Å². The number of thioether (sulfide) groups is 1. The summed E-state index contributed by atoms with van der Waals surface area (Å²) < 4.78 is 0. The van der Waals surface area contributed by atoms with Crippen LogP contribution >= 0.6 is 11.8 Å². The second-order valence-electron chi connectivity index (χ2n) is 7.07. The van der Waals surface area contributed by atoms with Gasteiger partial charge in [0.15, 0.2) is 0 Å². The molecule has 3 heteroatoms. The maximum Gasteiger partial charge on any atom is 0.304 e. The Morgan fingerprint density at radius 1 is 1.00 bits per heavy atom. The molecule has 2 atom stereocenters. The van der Waals surface area contributed by atoms with Gasteiger partial charge in [-0.1, -0.05) is 89.1 Å². The largest absolute Gasteiger partial charge is 0.481 e. The number of unbranched alkanes of at least 4 members (excludes halogenated alkanes) is 2. The van der Waals surface area contributed by atoms with Gasteiger partial charge in [-0.3, -0.25) is 4.79 Å². The average Bonchev–Trinajstić information content (AvgIpc) is 2.59. The highest BCUT2D eigenvalue weighted by atomic mass is 32.2. The molecule has 0 saturated heterocycles. The zero-order valence-electron chi connectivity index (χ0n) is 16.1. The summed E-state index contributed by atoms with van der Waals surface area (Å²) in [6.07, 6.45) is 11.6. The molecule has 0 aliphatic heterocycles. The smallest absolute Gasteiger partial charge is 0.304 e. The van der Waals surface area contributed by atoms with Crippen LogP contribution in [-0.2, 0) is 11.2 Å². The van der Waals surface area contributed by atoms with Crippen LogP contribution in [0.2, 0.25) is 0 Å². The number of carbonyl (C=O) groups is 1. The van der Waals surface area contributed by atoms with Crippen molar-refractivity contribution < 1.29 is 9.90 Å². The molecule has 25 heavy (non-hydrogen) atoms. The van der Waals surface area contributed by atoms with Gasteiger partial charge in [-0.2, -0.15) is 11.8 Å². The number of rotatable bonds is 15. The van der Waals surface area contributed by atoms with Crippen molar-refractivity contribution in [3.63, 3.8) is 0 Å². The zero-order chi connectivity index (χ0) is 18.3. The molecule has 1 aromatic carbocycles. The Bertz CT molecular complexity index is 447. The molecule has 0 fully saturated rings. The first kappa shape index (κ1) is 22.1. The van der Waals surface area contributed by atoms with E-state index in [1.807, 2.05) is 30.0 Å². The molecule has 0 spiro atoms. The van der Waals surface area contributed by atoms with Crippen molar-refractivity contribution in [1.82, 2.24) is 0 Å². The molecule has 2 unspecified atom stereocenters. The van der Waals surface area contributed by atoms with Crippen molar-refractivity contribution >= 4 is 17.7 Å². The molecule has 142 valence electrons. The topological polar surface area (TPSA) is 37.3 Å². The number of carboxylic acids is 1. The van der Waals surface area contributed by atoms with Crippen LogP contribution in [0, 0.1) is 5.92 Å². The van der Waals surface area contributed by atoms with E-state index in [2.05, 4.69) is 26.0 Å². The molecule has 0 radical (unpaired) electrons. The van der Waals surface area contributed by atoms with Gasteiger partial charge in [0.2, 0.25) is 0 Å². The molecule has 2 nitrogen and oxygen atoms in total. The van der Waals surface area contributed by atoms with Gasteiger partial charge < -0.3 is 5.11 Å². The molecule has 1 N–H and O–H groups in total. The minimum absolute atomic E-state index is 0.187. The third-order valence-corrected chi connectivity index (χ3v) is 6.06. The first-order valence-corrected chi connectivity index (χ1v) is 11.1. The van der Waals surface area contributed by atoms with Crippen LogP contribution in [0.5, 0.6) is 0 Å². The number of benzene rings is 1. The third kappa shape index (κ3) is 11.3. The molecule has 0 aromatic heterocycles. The summed E-state index contributed by atoms with van der Waals surface area (Å²) in [7, 11) is 0. The lowest BCUT2D eigenvalue weighted by Crippen LogP contribution is -2.13. The first-order valence-electron chi connectivity index (χ1n) is 10.0. The lowest BCUT2D eigenvalue weighted by Gasteiger charge is -2.17. The molecular formula is C22H36O2S. The fourth-order valence-corrected chi connectivity index (χ4v) is 4.66. The van der Waals surface area contributed by atoms with E-state index in [-0.39, 0.29) is 11.7 Å². The molecule has 0 aliphatic carbocycles. The summed E-state index contributed by atoms with van der Waals surface area (Å²) in [5.74, 6) is 1.29. The second kappa shape index (κ2) is 14.2. The summed E-state index contributed by atoms with van der Waals surface area (Å²) in [4.78, 5) is 11.1. The highest BCUT2D eigenvalue weighted by molar-refractivity contribution is 7.99. The fraction of sp³-hybridized carbons (Fsp3) is 0.682. The van der Waals surface area contributed by atoms with Gasteiger partial charge in [-0.25, -0.2) is 0 Å². The summed E-state index contributed by atoms with van der Waals surface area (Å²) >= 11 is 1.85. The fourth-order valence-electron chi connectivity index (χ4n) is 3.38. The van der Waals surface area contributed by atoms with Crippen molar-refractivity contribution in [3.8, 4) is 0 Å². The van der Waals surface area contributed by atoms with Gasteiger partial charge in [-0.15, -0.1) is 0 Å². The average molecular weight is 365 g/mol. The monoisotopic (exact) mass is 364 g/mol. The SMILES string of the molecule is CCCCC(CCC)CCCCSC(CC(=O)O)Cc1ccccc1. The van der Waals surface area contributed by atoms with E-state index >= 15 is 0 Å². The lowest BCUT2D eigenvalue weighted by atomic mass is 9.92. The molecule has 0 heterocycles. The van der Waals surface area contributed by atoms with Crippen LogP contribution in [0.1, 0.15) is 77.2 Å². The Morgan fingerprint density at radius 2 is 1.72 bits per heavy atom. The Kier molecular flexibility index (Phi) is 12.6. The predicted octanol–water partition coefficient (Wildman–Crippen LogP) is 6.58. The molecule has 1 rings (SSSR count). The standard InChI is InChI=1S/C22H36O2S/c1-3-5-12-19(11-4-2)13-9-10-16-25-21(18-22(23)24)17-20-14-7-6-8-15-20/h6-8,14-15,19,21H,3-5,9-13,16-18H2,1-2H3,(H,23,24). The summed E-state index contributed by atoms with van der Waals surface area (Å²) in [5.41, 5.74) is 1.24. The molecule has 0 saturated carbocycles. The Morgan fingerprint density at radius 3 is 2.36 bits per heavy atom. The summed E-state index contributed by atoms with van der Waals surface area (Å²) in [5, 5.41) is 9.35. The summed E-state index contributed by atoms with van der Waals surface area (Å²) in [6, 6.07) is 10.3. The number of hydrogen-bond acceptors (Lipinski definition) is 2. The van der Waals surface area contributed by atoms with E-state index in [1.54, 1.807) is 0 Å². The zero-order valence-corrected chi connectivity index (χ0v) is 16.9. The quantitative estimate of drug-likeness (QED) is 0.357. The molecule has 1 aromatic rings. The van der Waals surface area contributed by atoms with Crippen molar-refractivity contribution in [2.24, 2.45) is 5.92 Å². The van der Waals surface area contributed by atoms with E-state index in [1.165, 1.54) is 56.9 Å². The Hall–Kier alpha value is -0.960. The van der Waals surface area contributed by atoms with Crippen LogP contribution in [0.15, 0.2) is 30.3 Å². The number of hydrogen-bond donors (Lipinski definition) is 1. The first-order chi connectivity index (χ1) is 12.2. The molecule has 0 bridgehead atoms. The normalized spacial score (nSPS) is 13.5. The van der Waals surface area contributed by atoms with Gasteiger partial charge in [0.05, 0.1) is 6.42 Å². The number of aliphatic carboxylic acids is 1. The van der Waals surface area contributed by atoms with Crippen LogP contribution in [0.3, 0.4) is 0 Å². The minimum Gasteiger partial charge on any atom is -0.481 e. The highest BCUT2D eigenvalue weighted by Crippen LogP contribution is 2.24. The van der Waals surface area contributed by atoms with Gasteiger partial charge >= 0.3 is 5.97 Å².